The second-order valence-corrected chi connectivity index (χ2v) is 4.48. The molecule has 0 bridgehead atoms. The molecule has 1 unspecified atom stereocenters. The van der Waals surface area contributed by atoms with Crippen molar-refractivity contribution in [3.8, 4) is 0 Å². The first-order valence-electron chi connectivity index (χ1n) is 5.65. The summed E-state index contributed by atoms with van der Waals surface area (Å²) in [6.45, 7) is 6.10. The Morgan fingerprint density at radius 1 is 1.38 bits per heavy atom. The maximum atomic E-state index is 5.88. The summed E-state index contributed by atoms with van der Waals surface area (Å²) in [7, 11) is 0. The van der Waals surface area contributed by atoms with E-state index in [2.05, 4.69) is 11.8 Å². The summed E-state index contributed by atoms with van der Waals surface area (Å²) < 4.78 is 0. The number of hydrogen-bond acceptors (Lipinski definition) is 1. The Hall–Kier alpha value is 0.250. The Bertz CT molecular complexity index is 127. The molecular weight excluding hydrogens is 182 g/mol. The monoisotopic (exact) mass is 203 g/mol. The van der Waals surface area contributed by atoms with Crippen LogP contribution in [0.2, 0.25) is 0 Å². The molecule has 0 aromatic rings. The molecule has 1 fully saturated rings. The van der Waals surface area contributed by atoms with E-state index in [4.69, 9.17) is 11.6 Å². The molecule has 0 amide bonds. The molecule has 0 radical (unpaired) electrons. The molecule has 1 rings (SSSR count). The van der Waals surface area contributed by atoms with Gasteiger partial charge in [-0.1, -0.05) is 19.8 Å². The van der Waals surface area contributed by atoms with Crippen LogP contribution in [0.3, 0.4) is 0 Å². The van der Waals surface area contributed by atoms with Crippen LogP contribution in [0.15, 0.2) is 0 Å². The number of alkyl halides is 1. The maximum Gasteiger partial charge on any atom is 0.0263 e. The molecule has 78 valence electrons. The third-order valence-corrected chi connectivity index (χ3v) is 3.34. The number of nitrogens with zero attached hydrogens (tertiary/aromatic N) is 1. The molecule has 0 N–H and O–H groups in total. The van der Waals surface area contributed by atoms with Crippen LogP contribution in [0.25, 0.3) is 0 Å². The minimum Gasteiger partial charge on any atom is -0.303 e. The minimum atomic E-state index is 0.761. The summed E-state index contributed by atoms with van der Waals surface area (Å²) in [5, 5.41) is 0. The molecule has 1 heterocycles. The zero-order chi connectivity index (χ0) is 9.52. The van der Waals surface area contributed by atoms with Gasteiger partial charge in [0.1, 0.15) is 0 Å². The van der Waals surface area contributed by atoms with Crippen molar-refractivity contribution in [3.63, 3.8) is 0 Å². The highest BCUT2D eigenvalue weighted by Gasteiger charge is 2.17. The minimum absolute atomic E-state index is 0.761. The number of halogens is 1. The predicted octanol–water partition coefficient (Wildman–Crippen LogP) is 3.13. The first-order chi connectivity index (χ1) is 6.36. The van der Waals surface area contributed by atoms with E-state index >= 15 is 0 Å². The van der Waals surface area contributed by atoms with Crippen LogP contribution in [0.4, 0.5) is 0 Å². The van der Waals surface area contributed by atoms with Gasteiger partial charge in [-0.25, -0.2) is 0 Å². The van der Waals surface area contributed by atoms with Gasteiger partial charge >= 0.3 is 0 Å². The van der Waals surface area contributed by atoms with E-state index in [1.807, 2.05) is 0 Å². The number of unbranched alkanes of at least 4 members (excludes halogenated alkanes) is 2. The first-order valence-corrected chi connectivity index (χ1v) is 6.18. The molecule has 0 aliphatic carbocycles. The highest BCUT2D eigenvalue weighted by Crippen LogP contribution is 2.17. The van der Waals surface area contributed by atoms with E-state index in [-0.39, 0.29) is 0 Å². The summed E-state index contributed by atoms with van der Waals surface area (Å²) in [4.78, 5) is 2.59. The molecule has 0 saturated carbocycles. The van der Waals surface area contributed by atoms with E-state index < -0.39 is 0 Å². The number of likely N-dealkylation sites (tertiary alicyclic amines) is 1. The molecule has 1 aliphatic heterocycles. The van der Waals surface area contributed by atoms with Crippen LogP contribution in [0, 0.1) is 5.92 Å². The van der Waals surface area contributed by atoms with Gasteiger partial charge in [-0.15, -0.1) is 11.6 Å². The van der Waals surface area contributed by atoms with E-state index in [9.17, 15) is 0 Å². The van der Waals surface area contributed by atoms with Gasteiger partial charge in [-0.2, -0.15) is 0 Å². The number of rotatable bonds is 5. The molecule has 0 spiro atoms. The van der Waals surface area contributed by atoms with Crippen molar-refractivity contribution in [3.05, 3.63) is 0 Å². The maximum absolute atomic E-state index is 5.88. The lowest BCUT2D eigenvalue weighted by molar-refractivity contribution is 0.182. The second kappa shape index (κ2) is 6.67. The standard InChI is InChI=1S/C11H22ClN/c1-2-3-4-7-13-8-5-6-11(9-12)10-13/h11H,2-10H2,1H3. The Balaban J connectivity index is 2.11. The van der Waals surface area contributed by atoms with Gasteiger partial charge < -0.3 is 4.90 Å². The van der Waals surface area contributed by atoms with Crippen molar-refractivity contribution >= 4 is 11.6 Å². The average molecular weight is 204 g/mol. The molecule has 0 aromatic carbocycles. The van der Waals surface area contributed by atoms with Crippen LogP contribution in [-0.2, 0) is 0 Å². The highest BCUT2D eigenvalue weighted by molar-refractivity contribution is 6.18. The zero-order valence-corrected chi connectivity index (χ0v) is 9.52. The summed E-state index contributed by atoms with van der Waals surface area (Å²) in [6, 6.07) is 0. The fourth-order valence-corrected chi connectivity index (χ4v) is 2.32. The lowest BCUT2D eigenvalue weighted by atomic mass is 10.00. The molecule has 2 heteroatoms. The summed E-state index contributed by atoms with van der Waals surface area (Å²) >= 11 is 5.88. The lowest BCUT2D eigenvalue weighted by Crippen LogP contribution is -2.36. The Morgan fingerprint density at radius 2 is 2.23 bits per heavy atom. The molecule has 0 aromatic heterocycles. The van der Waals surface area contributed by atoms with Crippen molar-refractivity contribution in [1.82, 2.24) is 4.90 Å². The first kappa shape index (κ1) is 11.3. The molecule has 13 heavy (non-hydrogen) atoms. The van der Waals surface area contributed by atoms with Gasteiger partial charge in [0.05, 0.1) is 0 Å². The summed E-state index contributed by atoms with van der Waals surface area (Å²) in [5.74, 6) is 1.61. The van der Waals surface area contributed by atoms with E-state index in [1.165, 1.54) is 51.7 Å². The Labute approximate surface area is 87.4 Å². The van der Waals surface area contributed by atoms with Gasteiger partial charge in [0.15, 0.2) is 0 Å². The van der Waals surface area contributed by atoms with Gasteiger partial charge in [0, 0.05) is 12.4 Å². The van der Waals surface area contributed by atoms with Crippen molar-refractivity contribution < 1.29 is 0 Å². The third kappa shape index (κ3) is 4.33. The SMILES string of the molecule is CCCCCN1CCCC(CCl)C1. The van der Waals surface area contributed by atoms with Crippen molar-refractivity contribution in [1.29, 1.82) is 0 Å². The van der Waals surface area contributed by atoms with E-state index in [0.29, 0.717) is 0 Å². The topological polar surface area (TPSA) is 3.24 Å². The van der Waals surface area contributed by atoms with Crippen LogP contribution >= 0.6 is 11.6 Å². The van der Waals surface area contributed by atoms with Gasteiger partial charge in [0.2, 0.25) is 0 Å². The highest BCUT2D eigenvalue weighted by atomic mass is 35.5. The smallest absolute Gasteiger partial charge is 0.0263 e. The van der Waals surface area contributed by atoms with E-state index in [0.717, 1.165) is 11.8 Å². The zero-order valence-electron chi connectivity index (χ0n) is 8.77. The van der Waals surface area contributed by atoms with Crippen molar-refractivity contribution in [2.24, 2.45) is 5.92 Å². The molecule has 1 atom stereocenters. The normalized spacial score (nSPS) is 24.9. The Kier molecular flexibility index (Phi) is 5.81. The fraction of sp³-hybridized carbons (Fsp3) is 1.00. The fourth-order valence-electron chi connectivity index (χ4n) is 2.07. The quantitative estimate of drug-likeness (QED) is 0.490. The van der Waals surface area contributed by atoms with Crippen molar-refractivity contribution in [2.45, 2.75) is 39.0 Å². The van der Waals surface area contributed by atoms with Gasteiger partial charge in [0.25, 0.3) is 0 Å². The van der Waals surface area contributed by atoms with E-state index in [1.54, 1.807) is 0 Å². The largest absolute Gasteiger partial charge is 0.303 e. The van der Waals surface area contributed by atoms with Crippen LogP contribution < -0.4 is 0 Å². The van der Waals surface area contributed by atoms with Gasteiger partial charge in [-0.05, 0) is 38.3 Å². The molecule has 1 saturated heterocycles. The summed E-state index contributed by atoms with van der Waals surface area (Å²) in [5.41, 5.74) is 0. The van der Waals surface area contributed by atoms with Crippen LogP contribution in [0.1, 0.15) is 39.0 Å². The van der Waals surface area contributed by atoms with Gasteiger partial charge in [-0.3, -0.25) is 0 Å². The van der Waals surface area contributed by atoms with Crippen molar-refractivity contribution in [2.75, 3.05) is 25.5 Å². The molecular formula is C11H22ClN. The second-order valence-electron chi connectivity index (χ2n) is 4.17. The number of hydrogen-bond donors (Lipinski definition) is 0. The average Bonchev–Trinajstić information content (AvgIpc) is 2.19. The molecule has 1 nitrogen and oxygen atoms in total. The predicted molar refractivity (Wildman–Crippen MR) is 59.4 cm³/mol. The molecule has 1 aliphatic rings. The van der Waals surface area contributed by atoms with Crippen LogP contribution in [0.5, 0.6) is 0 Å². The lowest BCUT2D eigenvalue weighted by Gasteiger charge is -2.31. The third-order valence-electron chi connectivity index (χ3n) is 2.90. The van der Waals surface area contributed by atoms with Crippen LogP contribution in [-0.4, -0.2) is 30.4 Å². The number of piperidine rings is 1. The Morgan fingerprint density at radius 3 is 2.92 bits per heavy atom. The summed E-state index contributed by atoms with van der Waals surface area (Å²) in [6.07, 6.45) is 6.76.